The Kier molecular flexibility index (Phi) is 3.93. The highest BCUT2D eigenvalue weighted by Gasteiger charge is 2.27. The van der Waals surface area contributed by atoms with Crippen molar-refractivity contribution in [2.45, 2.75) is 19.9 Å². The number of fused-ring (bicyclic) bond motifs is 2. The van der Waals surface area contributed by atoms with Crippen LogP contribution in [0.25, 0.3) is 22.2 Å². The molecule has 2 aromatic heterocycles. The SMILES string of the molecule is CCn1cc(-c2cc(C(=O)N3CCc4ccccc43)c3ccccc3n2)cn1. The lowest BCUT2D eigenvalue weighted by molar-refractivity contribution is 0.0991. The van der Waals surface area contributed by atoms with E-state index in [-0.39, 0.29) is 5.91 Å². The van der Waals surface area contributed by atoms with Crippen LogP contribution in [0.2, 0.25) is 0 Å². The van der Waals surface area contributed by atoms with Gasteiger partial charge in [-0.3, -0.25) is 9.48 Å². The molecule has 4 aromatic rings. The van der Waals surface area contributed by atoms with Crippen molar-refractivity contribution >= 4 is 22.5 Å². The van der Waals surface area contributed by atoms with Crippen molar-refractivity contribution in [1.29, 1.82) is 0 Å². The van der Waals surface area contributed by atoms with Crippen LogP contribution >= 0.6 is 0 Å². The van der Waals surface area contributed by atoms with Crippen LogP contribution in [0.3, 0.4) is 0 Å². The first-order valence-electron chi connectivity index (χ1n) is 9.57. The lowest BCUT2D eigenvalue weighted by Gasteiger charge is -2.19. The number of anilines is 1. The molecule has 0 spiro atoms. The summed E-state index contributed by atoms with van der Waals surface area (Å²) in [6.45, 7) is 3.55. The number of amides is 1. The number of benzene rings is 2. The minimum absolute atomic E-state index is 0.0210. The topological polar surface area (TPSA) is 51.0 Å². The summed E-state index contributed by atoms with van der Waals surface area (Å²) in [5, 5.41) is 5.23. The van der Waals surface area contributed by atoms with Gasteiger partial charge < -0.3 is 4.90 Å². The molecule has 0 bridgehead atoms. The van der Waals surface area contributed by atoms with Gasteiger partial charge in [0.05, 0.1) is 23.0 Å². The van der Waals surface area contributed by atoms with Gasteiger partial charge in [0.2, 0.25) is 0 Å². The molecule has 2 aromatic carbocycles. The van der Waals surface area contributed by atoms with E-state index >= 15 is 0 Å². The van der Waals surface area contributed by atoms with Crippen molar-refractivity contribution in [1.82, 2.24) is 14.8 Å². The Hall–Kier alpha value is -3.47. The molecule has 0 aliphatic carbocycles. The van der Waals surface area contributed by atoms with E-state index in [0.29, 0.717) is 12.1 Å². The monoisotopic (exact) mass is 368 g/mol. The standard InChI is InChI=1S/C23H20N4O/c1-2-26-15-17(14-24-26)21-13-19(18-8-4-5-9-20(18)25-21)23(28)27-12-11-16-7-3-6-10-22(16)27/h3-10,13-15H,2,11-12H2,1H3. The number of carbonyl (C=O) groups excluding carboxylic acids is 1. The molecule has 0 fully saturated rings. The maximum Gasteiger partial charge on any atom is 0.259 e. The molecule has 0 radical (unpaired) electrons. The van der Waals surface area contributed by atoms with Gasteiger partial charge in [0.1, 0.15) is 0 Å². The first kappa shape index (κ1) is 16.7. The summed E-state index contributed by atoms with van der Waals surface area (Å²) < 4.78 is 1.87. The Bertz CT molecular complexity index is 1190. The van der Waals surface area contributed by atoms with Crippen molar-refractivity contribution in [2.24, 2.45) is 0 Å². The maximum absolute atomic E-state index is 13.5. The Morgan fingerprint density at radius 3 is 2.79 bits per heavy atom. The highest BCUT2D eigenvalue weighted by molar-refractivity contribution is 6.15. The average molecular weight is 368 g/mol. The normalized spacial score (nSPS) is 13.1. The molecule has 0 N–H and O–H groups in total. The minimum atomic E-state index is 0.0210. The van der Waals surface area contributed by atoms with Gasteiger partial charge >= 0.3 is 0 Å². The minimum Gasteiger partial charge on any atom is -0.308 e. The average Bonchev–Trinajstić information content (AvgIpc) is 3.39. The number of pyridine rings is 1. The second-order valence-corrected chi connectivity index (χ2v) is 6.99. The fourth-order valence-electron chi connectivity index (χ4n) is 3.86. The van der Waals surface area contributed by atoms with Crippen LogP contribution in [0.5, 0.6) is 0 Å². The largest absolute Gasteiger partial charge is 0.308 e. The van der Waals surface area contributed by atoms with E-state index in [1.54, 1.807) is 6.20 Å². The predicted octanol–water partition coefficient (Wildman–Crippen LogP) is 4.32. The second kappa shape index (κ2) is 6.60. The van der Waals surface area contributed by atoms with Crippen molar-refractivity contribution in [2.75, 3.05) is 11.4 Å². The van der Waals surface area contributed by atoms with E-state index in [9.17, 15) is 4.79 Å². The van der Waals surface area contributed by atoms with Gasteiger partial charge in [0.15, 0.2) is 0 Å². The number of aromatic nitrogens is 3. The zero-order chi connectivity index (χ0) is 19.1. The zero-order valence-electron chi connectivity index (χ0n) is 15.7. The molecule has 138 valence electrons. The molecule has 0 saturated carbocycles. The van der Waals surface area contributed by atoms with Gasteiger partial charge in [-0.15, -0.1) is 0 Å². The van der Waals surface area contributed by atoms with Gasteiger partial charge in [-0.05, 0) is 37.1 Å². The van der Waals surface area contributed by atoms with Crippen LogP contribution in [0.1, 0.15) is 22.8 Å². The maximum atomic E-state index is 13.5. The quantitative estimate of drug-likeness (QED) is 0.541. The molecule has 0 unspecified atom stereocenters. The highest BCUT2D eigenvalue weighted by Crippen LogP contribution is 2.31. The van der Waals surface area contributed by atoms with Crippen molar-refractivity contribution in [3.8, 4) is 11.3 Å². The second-order valence-electron chi connectivity index (χ2n) is 6.99. The Labute approximate surface area is 163 Å². The zero-order valence-corrected chi connectivity index (χ0v) is 15.7. The number of hydrogen-bond donors (Lipinski definition) is 0. The van der Waals surface area contributed by atoms with E-state index in [0.717, 1.165) is 40.8 Å². The lowest BCUT2D eigenvalue weighted by atomic mass is 10.0. The van der Waals surface area contributed by atoms with Gasteiger partial charge in [-0.25, -0.2) is 4.98 Å². The van der Waals surface area contributed by atoms with Crippen LogP contribution < -0.4 is 4.90 Å². The third kappa shape index (κ3) is 2.67. The molecule has 1 amide bonds. The molecule has 0 atom stereocenters. The first-order valence-corrected chi connectivity index (χ1v) is 9.57. The summed E-state index contributed by atoms with van der Waals surface area (Å²) in [5.41, 5.74) is 5.42. The van der Waals surface area contributed by atoms with Crippen LogP contribution in [-0.4, -0.2) is 27.2 Å². The van der Waals surface area contributed by atoms with Gasteiger partial charge in [-0.1, -0.05) is 36.4 Å². The summed E-state index contributed by atoms with van der Waals surface area (Å²) in [7, 11) is 0. The summed E-state index contributed by atoms with van der Waals surface area (Å²) in [4.78, 5) is 20.2. The summed E-state index contributed by atoms with van der Waals surface area (Å²) >= 11 is 0. The molecular weight excluding hydrogens is 348 g/mol. The highest BCUT2D eigenvalue weighted by atomic mass is 16.2. The molecule has 28 heavy (non-hydrogen) atoms. The molecule has 3 heterocycles. The Morgan fingerprint density at radius 1 is 1.11 bits per heavy atom. The van der Waals surface area contributed by atoms with Crippen LogP contribution in [0.4, 0.5) is 5.69 Å². The van der Waals surface area contributed by atoms with E-state index in [4.69, 9.17) is 4.98 Å². The molecule has 0 saturated heterocycles. The number of nitrogens with zero attached hydrogens (tertiary/aromatic N) is 4. The summed E-state index contributed by atoms with van der Waals surface area (Å²) in [6, 6.07) is 17.9. The molecule has 1 aliphatic heterocycles. The number of para-hydroxylation sites is 2. The Morgan fingerprint density at radius 2 is 1.93 bits per heavy atom. The van der Waals surface area contributed by atoms with Crippen molar-refractivity contribution in [3.63, 3.8) is 0 Å². The third-order valence-electron chi connectivity index (χ3n) is 5.33. The summed E-state index contributed by atoms with van der Waals surface area (Å²) in [5.74, 6) is 0.0210. The van der Waals surface area contributed by atoms with E-state index < -0.39 is 0 Å². The van der Waals surface area contributed by atoms with Crippen LogP contribution in [0.15, 0.2) is 67.0 Å². The molecule has 1 aliphatic rings. The lowest BCUT2D eigenvalue weighted by Crippen LogP contribution is -2.29. The van der Waals surface area contributed by atoms with E-state index in [1.165, 1.54) is 5.56 Å². The third-order valence-corrected chi connectivity index (χ3v) is 5.33. The molecule has 5 heteroatoms. The number of hydrogen-bond acceptors (Lipinski definition) is 3. The predicted molar refractivity (Wildman–Crippen MR) is 110 cm³/mol. The molecule has 5 rings (SSSR count). The van der Waals surface area contributed by atoms with E-state index in [2.05, 4.69) is 11.2 Å². The first-order chi connectivity index (χ1) is 13.7. The van der Waals surface area contributed by atoms with Gasteiger partial charge in [0, 0.05) is 35.9 Å². The number of rotatable bonds is 3. The van der Waals surface area contributed by atoms with Crippen LogP contribution in [-0.2, 0) is 13.0 Å². The Balaban J connectivity index is 1.65. The fourth-order valence-corrected chi connectivity index (χ4v) is 3.86. The van der Waals surface area contributed by atoms with E-state index in [1.807, 2.05) is 71.2 Å². The number of carbonyl (C=O) groups is 1. The van der Waals surface area contributed by atoms with Crippen LogP contribution in [0, 0.1) is 0 Å². The van der Waals surface area contributed by atoms with Crippen molar-refractivity contribution < 1.29 is 4.79 Å². The molecule has 5 nitrogen and oxygen atoms in total. The van der Waals surface area contributed by atoms with Crippen molar-refractivity contribution in [3.05, 3.63) is 78.1 Å². The fraction of sp³-hybridized carbons (Fsp3) is 0.174. The summed E-state index contributed by atoms with van der Waals surface area (Å²) in [6.07, 6.45) is 4.66. The molecular formula is C23H20N4O. The van der Waals surface area contributed by atoms with Gasteiger partial charge in [0.25, 0.3) is 5.91 Å². The smallest absolute Gasteiger partial charge is 0.259 e. The number of aryl methyl sites for hydroxylation is 1. The van der Waals surface area contributed by atoms with Gasteiger partial charge in [-0.2, -0.15) is 5.10 Å².